The summed E-state index contributed by atoms with van der Waals surface area (Å²) in [5.41, 5.74) is 0.881. The van der Waals surface area contributed by atoms with Crippen LogP contribution in [0.1, 0.15) is 16.7 Å². The lowest BCUT2D eigenvalue weighted by Gasteiger charge is -2.09. The van der Waals surface area contributed by atoms with Gasteiger partial charge in [-0.25, -0.2) is 0 Å². The van der Waals surface area contributed by atoms with Crippen LogP contribution in [0.2, 0.25) is 0 Å². The summed E-state index contributed by atoms with van der Waals surface area (Å²) in [5, 5.41) is 11.6. The molecule has 102 valence electrons. The summed E-state index contributed by atoms with van der Waals surface area (Å²) >= 11 is 4.34. The number of nitrogens with zero attached hydrogens (tertiary/aromatic N) is 2. The molecule has 0 N–H and O–H groups in total. The van der Waals surface area contributed by atoms with Crippen molar-refractivity contribution in [1.29, 1.82) is 0 Å². The first-order chi connectivity index (χ1) is 9.24. The van der Waals surface area contributed by atoms with Crippen LogP contribution < -0.4 is 0 Å². The van der Waals surface area contributed by atoms with E-state index in [1.165, 1.54) is 30.2 Å². The van der Waals surface area contributed by atoms with Gasteiger partial charge in [0.15, 0.2) is 0 Å². The smallest absolute Gasteiger partial charge is 0.323 e. The van der Waals surface area contributed by atoms with Crippen LogP contribution in [-0.4, -0.2) is 29.5 Å². The lowest BCUT2D eigenvalue weighted by atomic mass is 10.2. The first kappa shape index (κ1) is 14.4. The minimum Gasteiger partial charge on any atom is -0.468 e. The minimum absolute atomic E-state index is 0.326. The topological polar surface area (TPSA) is 65.2 Å². The number of esters is 1. The molecule has 0 aliphatic heterocycles. The van der Waals surface area contributed by atoms with Crippen LogP contribution in [0.3, 0.4) is 0 Å². The van der Waals surface area contributed by atoms with E-state index in [2.05, 4.69) is 10.2 Å². The summed E-state index contributed by atoms with van der Waals surface area (Å²) in [6.45, 7) is 0. The molecule has 0 unspecified atom stereocenters. The summed E-state index contributed by atoms with van der Waals surface area (Å²) in [7, 11) is 1.37. The number of ether oxygens (including phenoxy) is 1. The average Bonchev–Trinajstić information content (AvgIpc) is 3.06. The standard InChI is InChI=1S/C11H12N2O3S3/c1-15-10(14)9(7-3-4-18-5-7)19-11-13-12-8(16-11)6-17-2/h3-5,9H,6H2,1-2H3/t9-/m1/s1. The lowest BCUT2D eigenvalue weighted by molar-refractivity contribution is -0.140. The molecule has 5 nitrogen and oxygen atoms in total. The number of rotatable bonds is 6. The molecule has 0 radical (unpaired) electrons. The number of carbonyl (C=O) groups is 1. The predicted octanol–water partition coefficient (Wildman–Crippen LogP) is 3.00. The Labute approximate surface area is 123 Å². The van der Waals surface area contributed by atoms with Gasteiger partial charge in [0.2, 0.25) is 5.89 Å². The second-order valence-corrected chi connectivity index (χ2v) is 6.17. The summed E-state index contributed by atoms with van der Waals surface area (Å²) < 4.78 is 10.3. The molecule has 0 saturated heterocycles. The zero-order valence-corrected chi connectivity index (χ0v) is 12.8. The van der Waals surface area contributed by atoms with Gasteiger partial charge >= 0.3 is 5.97 Å². The number of thioether (sulfide) groups is 2. The van der Waals surface area contributed by atoms with Crippen molar-refractivity contribution in [2.24, 2.45) is 0 Å². The van der Waals surface area contributed by atoms with Crippen LogP contribution in [0, 0.1) is 0 Å². The van der Waals surface area contributed by atoms with Gasteiger partial charge in [-0.15, -0.1) is 10.2 Å². The number of aromatic nitrogens is 2. The fourth-order valence-corrected chi connectivity index (χ4v) is 3.40. The van der Waals surface area contributed by atoms with Gasteiger partial charge < -0.3 is 9.15 Å². The van der Waals surface area contributed by atoms with Crippen LogP contribution in [0.5, 0.6) is 0 Å². The number of carbonyl (C=O) groups excluding carboxylic acids is 1. The molecular weight excluding hydrogens is 304 g/mol. The highest BCUT2D eigenvalue weighted by Crippen LogP contribution is 2.36. The molecule has 2 rings (SSSR count). The molecule has 0 aliphatic carbocycles. The van der Waals surface area contributed by atoms with E-state index in [-0.39, 0.29) is 5.97 Å². The fraction of sp³-hybridized carbons (Fsp3) is 0.364. The third-order valence-electron chi connectivity index (χ3n) is 2.20. The van der Waals surface area contributed by atoms with Crippen molar-refractivity contribution in [2.45, 2.75) is 16.2 Å². The Morgan fingerprint density at radius 3 is 3.05 bits per heavy atom. The molecule has 0 aromatic carbocycles. The first-order valence-corrected chi connectivity index (χ1v) is 8.54. The molecule has 2 heterocycles. The second kappa shape index (κ2) is 6.97. The Morgan fingerprint density at radius 2 is 2.42 bits per heavy atom. The fourth-order valence-electron chi connectivity index (χ4n) is 1.35. The molecule has 0 bridgehead atoms. The highest BCUT2D eigenvalue weighted by Gasteiger charge is 2.26. The van der Waals surface area contributed by atoms with Crippen LogP contribution >= 0.6 is 34.9 Å². The average molecular weight is 316 g/mol. The van der Waals surface area contributed by atoms with Crippen molar-refractivity contribution in [3.8, 4) is 0 Å². The molecule has 0 aliphatic rings. The zero-order valence-electron chi connectivity index (χ0n) is 10.4. The SMILES string of the molecule is COC(=O)[C@H](Sc1nnc(CSC)o1)c1ccsc1. The highest BCUT2D eigenvalue weighted by molar-refractivity contribution is 8.00. The summed E-state index contributed by atoms with van der Waals surface area (Å²) in [5.74, 6) is 0.895. The van der Waals surface area contributed by atoms with E-state index >= 15 is 0 Å². The Balaban J connectivity index is 2.13. The number of hydrogen-bond acceptors (Lipinski definition) is 8. The molecule has 0 spiro atoms. The van der Waals surface area contributed by atoms with Crippen molar-refractivity contribution in [1.82, 2.24) is 10.2 Å². The van der Waals surface area contributed by atoms with Crippen molar-refractivity contribution in [3.05, 3.63) is 28.3 Å². The summed E-state index contributed by atoms with van der Waals surface area (Å²) in [4.78, 5) is 11.8. The van der Waals surface area contributed by atoms with Crippen LogP contribution in [0.15, 0.2) is 26.5 Å². The maximum absolute atomic E-state index is 11.8. The van der Waals surface area contributed by atoms with Crippen molar-refractivity contribution < 1.29 is 13.9 Å². The summed E-state index contributed by atoms with van der Waals surface area (Å²) in [6.07, 6.45) is 1.96. The monoisotopic (exact) mass is 316 g/mol. The molecular formula is C11H12N2O3S3. The van der Waals surface area contributed by atoms with Crippen LogP contribution in [0.4, 0.5) is 0 Å². The quantitative estimate of drug-likeness (QED) is 0.599. The van der Waals surface area contributed by atoms with Gasteiger partial charge in [0.1, 0.15) is 5.25 Å². The van der Waals surface area contributed by atoms with Crippen molar-refractivity contribution in [3.63, 3.8) is 0 Å². The maximum Gasteiger partial charge on any atom is 0.323 e. The van der Waals surface area contributed by atoms with Gasteiger partial charge in [-0.2, -0.15) is 23.1 Å². The van der Waals surface area contributed by atoms with Crippen LogP contribution in [-0.2, 0) is 15.3 Å². The van der Waals surface area contributed by atoms with E-state index in [0.717, 1.165) is 5.56 Å². The lowest BCUT2D eigenvalue weighted by Crippen LogP contribution is -2.10. The molecule has 19 heavy (non-hydrogen) atoms. The third-order valence-corrected chi connectivity index (χ3v) is 4.50. The minimum atomic E-state index is -0.473. The first-order valence-electron chi connectivity index (χ1n) is 5.32. The largest absolute Gasteiger partial charge is 0.468 e. The zero-order chi connectivity index (χ0) is 13.7. The third kappa shape index (κ3) is 3.74. The Bertz CT molecular complexity index is 527. The highest BCUT2D eigenvalue weighted by atomic mass is 32.2. The molecule has 0 fully saturated rings. The normalized spacial score (nSPS) is 12.3. The molecule has 0 saturated carbocycles. The van der Waals surface area contributed by atoms with Gasteiger partial charge in [0.05, 0.1) is 12.9 Å². The van der Waals surface area contributed by atoms with E-state index in [9.17, 15) is 4.79 Å². The van der Waals surface area contributed by atoms with Gasteiger partial charge in [0, 0.05) is 0 Å². The van der Waals surface area contributed by atoms with E-state index in [4.69, 9.17) is 9.15 Å². The Hall–Kier alpha value is -0.990. The second-order valence-electron chi connectivity index (χ2n) is 3.47. The summed E-state index contributed by atoms with van der Waals surface area (Å²) in [6, 6.07) is 1.89. The van der Waals surface area contributed by atoms with Gasteiger partial charge in [-0.05, 0) is 40.4 Å². The van der Waals surface area contributed by atoms with Gasteiger partial charge in [0.25, 0.3) is 5.22 Å². The maximum atomic E-state index is 11.8. The van der Waals surface area contributed by atoms with E-state index in [1.54, 1.807) is 11.8 Å². The molecule has 0 amide bonds. The molecule has 2 aromatic heterocycles. The number of hydrogen-bond donors (Lipinski definition) is 0. The van der Waals surface area contributed by atoms with E-state index in [0.29, 0.717) is 16.9 Å². The van der Waals surface area contributed by atoms with Gasteiger partial charge in [-0.1, -0.05) is 0 Å². The predicted molar refractivity (Wildman–Crippen MR) is 76.5 cm³/mol. The van der Waals surface area contributed by atoms with E-state index < -0.39 is 5.25 Å². The molecule has 8 heteroatoms. The molecule has 2 aromatic rings. The van der Waals surface area contributed by atoms with Crippen molar-refractivity contribution in [2.75, 3.05) is 13.4 Å². The van der Waals surface area contributed by atoms with Gasteiger partial charge in [-0.3, -0.25) is 4.79 Å². The number of thiophene rings is 1. The molecule has 1 atom stereocenters. The van der Waals surface area contributed by atoms with Crippen LogP contribution in [0.25, 0.3) is 0 Å². The number of methoxy groups -OCH3 is 1. The van der Waals surface area contributed by atoms with E-state index in [1.807, 2.05) is 23.1 Å². The van der Waals surface area contributed by atoms with Crippen molar-refractivity contribution >= 4 is 40.8 Å². The Morgan fingerprint density at radius 1 is 1.58 bits per heavy atom. The Kier molecular flexibility index (Phi) is 5.29.